The van der Waals surface area contributed by atoms with Gasteiger partial charge in [-0.3, -0.25) is 24.0 Å². The molecule has 5 atom stereocenters. The van der Waals surface area contributed by atoms with Gasteiger partial charge in [0.05, 0.1) is 12.1 Å². The number of hydrogen-bond acceptors (Lipinski definition) is 7. The topological polar surface area (TPSA) is 152 Å². The van der Waals surface area contributed by atoms with Gasteiger partial charge in [0, 0.05) is 50.6 Å². The summed E-state index contributed by atoms with van der Waals surface area (Å²) in [7, 11) is 3.32. The van der Waals surface area contributed by atoms with Crippen LogP contribution in [0.25, 0.3) is 0 Å². The van der Waals surface area contributed by atoms with Crippen molar-refractivity contribution < 1.29 is 24.0 Å². The van der Waals surface area contributed by atoms with Crippen LogP contribution in [0.5, 0.6) is 0 Å². The highest BCUT2D eigenvalue weighted by molar-refractivity contribution is 5.94. The van der Waals surface area contributed by atoms with Crippen LogP contribution in [0.2, 0.25) is 0 Å². The molecule has 43 heavy (non-hydrogen) atoms. The van der Waals surface area contributed by atoms with Crippen molar-refractivity contribution in [2.24, 2.45) is 0 Å². The standard InChI is InChI=1S/C31H45N7O5/c1-21(32-3)27(39)35-25(30(42)37-17-10-11-18-37)14-8-9-15-26(36-28(40)22(2)33-4)31(43)38-19-16-24(20-38)34-29(41)23-12-6-5-7-13-23/h5-7,12-13,21-22,24-26,32-33H,10-11,14-20H2,1-4H3,(H,34,41)(H,35,39)(H,36,40)/t21-,22-,24-,25?,26?/m0/s1. The molecule has 0 spiro atoms. The van der Waals surface area contributed by atoms with Crippen molar-refractivity contribution >= 4 is 29.5 Å². The second-order valence-electron chi connectivity index (χ2n) is 11.0. The molecule has 12 heteroatoms. The van der Waals surface area contributed by atoms with Crippen molar-refractivity contribution in [2.75, 3.05) is 40.3 Å². The molecule has 2 fully saturated rings. The van der Waals surface area contributed by atoms with Crippen molar-refractivity contribution in [3.8, 4) is 11.8 Å². The van der Waals surface area contributed by atoms with Gasteiger partial charge in [-0.2, -0.15) is 0 Å². The average molecular weight is 596 g/mol. The van der Waals surface area contributed by atoms with Crippen LogP contribution in [0, 0.1) is 11.8 Å². The first kappa shape index (κ1) is 33.6. The number of amides is 5. The summed E-state index contributed by atoms with van der Waals surface area (Å²) in [5.41, 5.74) is 0.548. The molecular weight excluding hydrogens is 550 g/mol. The van der Waals surface area contributed by atoms with E-state index < -0.39 is 24.2 Å². The van der Waals surface area contributed by atoms with Gasteiger partial charge in [-0.05, 0) is 59.3 Å². The first-order valence-corrected chi connectivity index (χ1v) is 15.0. The first-order chi connectivity index (χ1) is 20.6. The number of likely N-dealkylation sites (N-methyl/N-ethyl adjacent to an activating group) is 2. The van der Waals surface area contributed by atoms with Gasteiger partial charge in [0.2, 0.25) is 23.6 Å². The average Bonchev–Trinajstić information content (AvgIpc) is 3.73. The Morgan fingerprint density at radius 2 is 1.30 bits per heavy atom. The van der Waals surface area contributed by atoms with Crippen molar-refractivity contribution in [3.63, 3.8) is 0 Å². The zero-order valence-corrected chi connectivity index (χ0v) is 25.6. The predicted octanol–water partition coefficient (Wildman–Crippen LogP) is -0.391. The normalized spacial score (nSPS) is 18.9. The van der Waals surface area contributed by atoms with E-state index in [4.69, 9.17) is 0 Å². The van der Waals surface area contributed by atoms with Crippen LogP contribution >= 0.6 is 0 Å². The molecule has 2 unspecified atom stereocenters. The first-order valence-electron chi connectivity index (χ1n) is 15.0. The second kappa shape index (κ2) is 16.6. The molecular formula is C31H45N7O5. The summed E-state index contributed by atoms with van der Waals surface area (Å²) in [4.78, 5) is 67.9. The number of likely N-dealkylation sites (tertiary alicyclic amines) is 2. The monoisotopic (exact) mass is 595 g/mol. The third-order valence-electron chi connectivity index (χ3n) is 7.91. The van der Waals surface area contributed by atoms with Crippen molar-refractivity contribution in [3.05, 3.63) is 35.9 Å². The Kier molecular flexibility index (Phi) is 13.0. The second-order valence-corrected chi connectivity index (χ2v) is 11.0. The van der Waals surface area contributed by atoms with Crippen molar-refractivity contribution in [1.82, 2.24) is 36.4 Å². The predicted molar refractivity (Wildman–Crippen MR) is 163 cm³/mol. The maximum Gasteiger partial charge on any atom is 0.251 e. The van der Waals surface area contributed by atoms with Gasteiger partial charge in [-0.25, -0.2) is 0 Å². The van der Waals surface area contributed by atoms with Crippen LogP contribution in [-0.4, -0.2) is 110 Å². The molecule has 1 aromatic rings. The van der Waals surface area contributed by atoms with Crippen molar-refractivity contribution in [2.45, 2.75) is 76.2 Å². The summed E-state index contributed by atoms with van der Waals surface area (Å²) >= 11 is 0. The summed E-state index contributed by atoms with van der Waals surface area (Å²) in [6.45, 7) is 5.45. The Morgan fingerprint density at radius 1 is 0.791 bits per heavy atom. The fourth-order valence-electron chi connectivity index (χ4n) is 4.92. The largest absolute Gasteiger partial charge is 0.347 e. The molecule has 5 amide bonds. The number of nitrogens with zero attached hydrogens (tertiary/aromatic N) is 2. The minimum atomic E-state index is -0.911. The lowest BCUT2D eigenvalue weighted by Crippen LogP contribution is -2.52. The molecule has 1 aromatic carbocycles. The molecule has 2 saturated heterocycles. The highest BCUT2D eigenvalue weighted by Crippen LogP contribution is 2.14. The highest BCUT2D eigenvalue weighted by atomic mass is 16.2. The summed E-state index contributed by atoms with van der Waals surface area (Å²) in [5, 5.41) is 14.3. The number of carbonyl (C=O) groups is 5. The summed E-state index contributed by atoms with van der Waals surface area (Å²) in [5.74, 6) is 4.64. The van der Waals surface area contributed by atoms with E-state index in [0.29, 0.717) is 38.2 Å². The number of nitrogens with one attached hydrogen (secondary N) is 5. The van der Waals surface area contributed by atoms with E-state index >= 15 is 0 Å². The number of hydrogen-bond donors (Lipinski definition) is 5. The number of benzene rings is 1. The van der Waals surface area contributed by atoms with Gasteiger partial charge in [0.25, 0.3) is 5.91 Å². The third kappa shape index (κ3) is 9.80. The third-order valence-corrected chi connectivity index (χ3v) is 7.91. The number of rotatable bonds is 12. The molecule has 2 aliphatic heterocycles. The fraction of sp³-hybridized carbons (Fsp3) is 0.581. The molecule has 0 aliphatic carbocycles. The van der Waals surface area contributed by atoms with Crippen LogP contribution in [0.3, 0.4) is 0 Å². The SMILES string of the molecule is CN[C@@H](C)C(=O)NC(CC#CCC(NC(=O)[C@H](C)NC)C(=O)N1CC[C@H](NC(=O)c2ccccc2)C1)C(=O)N1CCCC1. The Bertz CT molecular complexity index is 1190. The minimum Gasteiger partial charge on any atom is -0.347 e. The smallest absolute Gasteiger partial charge is 0.251 e. The number of carbonyl (C=O) groups excluding carboxylic acids is 5. The van der Waals surface area contributed by atoms with E-state index in [1.807, 2.05) is 6.07 Å². The highest BCUT2D eigenvalue weighted by Gasteiger charge is 2.33. The van der Waals surface area contributed by atoms with Crippen LogP contribution in [0.1, 0.15) is 56.3 Å². The Hall–Kier alpha value is -3.95. The zero-order valence-electron chi connectivity index (χ0n) is 25.6. The molecule has 0 saturated carbocycles. The molecule has 0 bridgehead atoms. The van der Waals surface area contributed by atoms with Crippen LogP contribution in [0.4, 0.5) is 0 Å². The Labute approximate surface area is 254 Å². The molecule has 5 N–H and O–H groups in total. The molecule has 2 heterocycles. The molecule has 2 aliphatic rings. The van der Waals surface area contributed by atoms with E-state index in [-0.39, 0.29) is 48.4 Å². The van der Waals surface area contributed by atoms with E-state index in [1.54, 1.807) is 62.0 Å². The van der Waals surface area contributed by atoms with Crippen molar-refractivity contribution in [1.29, 1.82) is 0 Å². The summed E-state index contributed by atoms with van der Waals surface area (Å²) in [6.07, 6.45) is 2.55. The molecule has 3 rings (SSSR count). The maximum atomic E-state index is 13.5. The van der Waals surface area contributed by atoms with Gasteiger partial charge in [-0.1, -0.05) is 18.2 Å². The molecule has 12 nitrogen and oxygen atoms in total. The van der Waals surface area contributed by atoms with Gasteiger partial charge >= 0.3 is 0 Å². The summed E-state index contributed by atoms with van der Waals surface area (Å²) in [6, 6.07) is 5.96. The molecule has 234 valence electrons. The lowest BCUT2D eigenvalue weighted by Gasteiger charge is -2.25. The summed E-state index contributed by atoms with van der Waals surface area (Å²) < 4.78 is 0. The lowest BCUT2D eigenvalue weighted by molar-refractivity contribution is -0.136. The van der Waals surface area contributed by atoms with Gasteiger partial charge in [0.15, 0.2) is 0 Å². The maximum absolute atomic E-state index is 13.5. The van der Waals surface area contributed by atoms with E-state index in [1.165, 1.54) is 0 Å². The zero-order chi connectivity index (χ0) is 31.4. The molecule has 0 aromatic heterocycles. The quantitative estimate of drug-likeness (QED) is 0.207. The van der Waals surface area contributed by atoms with E-state index in [2.05, 4.69) is 38.4 Å². The Balaban J connectivity index is 1.67. The lowest BCUT2D eigenvalue weighted by atomic mass is 10.1. The van der Waals surface area contributed by atoms with Gasteiger partial charge in [-0.15, -0.1) is 11.8 Å². The molecule has 0 radical (unpaired) electrons. The van der Waals surface area contributed by atoms with Gasteiger partial charge < -0.3 is 36.4 Å². The fourth-order valence-corrected chi connectivity index (χ4v) is 4.92. The van der Waals surface area contributed by atoms with Crippen LogP contribution in [-0.2, 0) is 19.2 Å². The Morgan fingerprint density at radius 3 is 1.81 bits per heavy atom. The van der Waals surface area contributed by atoms with E-state index in [0.717, 1.165) is 12.8 Å². The van der Waals surface area contributed by atoms with Crippen LogP contribution < -0.4 is 26.6 Å². The van der Waals surface area contributed by atoms with E-state index in [9.17, 15) is 24.0 Å². The van der Waals surface area contributed by atoms with Crippen LogP contribution in [0.15, 0.2) is 30.3 Å². The van der Waals surface area contributed by atoms with Gasteiger partial charge in [0.1, 0.15) is 12.1 Å². The minimum absolute atomic E-state index is 0.0318.